The van der Waals surface area contributed by atoms with Gasteiger partial charge in [-0.15, -0.1) is 0 Å². The Morgan fingerprint density at radius 3 is 2.55 bits per heavy atom. The van der Waals surface area contributed by atoms with Gasteiger partial charge in [-0.25, -0.2) is 0 Å². The van der Waals surface area contributed by atoms with Gasteiger partial charge in [0.05, 0.1) is 24.7 Å². The van der Waals surface area contributed by atoms with Crippen molar-refractivity contribution >= 4 is 21.8 Å². The van der Waals surface area contributed by atoms with E-state index in [0.29, 0.717) is 11.3 Å². The summed E-state index contributed by atoms with van der Waals surface area (Å²) in [5.41, 5.74) is 1.56. The Morgan fingerprint density at radius 2 is 1.91 bits per heavy atom. The minimum atomic E-state index is -0.140. The third-order valence-corrected chi connectivity index (χ3v) is 3.98. The van der Waals surface area contributed by atoms with Crippen molar-refractivity contribution in [3.8, 4) is 11.5 Å². The van der Waals surface area contributed by atoms with Gasteiger partial charge in [-0.2, -0.15) is 0 Å². The minimum absolute atomic E-state index is 0.124. The predicted octanol–water partition coefficient (Wildman–Crippen LogP) is 3.96. The minimum Gasteiger partial charge on any atom is -0.497 e. The molecule has 116 valence electrons. The highest BCUT2D eigenvalue weighted by molar-refractivity contribution is 9.10. The lowest BCUT2D eigenvalue weighted by Crippen LogP contribution is -2.26. The van der Waals surface area contributed by atoms with Crippen LogP contribution < -0.4 is 14.8 Å². The van der Waals surface area contributed by atoms with E-state index in [0.717, 1.165) is 15.8 Å². The molecule has 1 amide bonds. The summed E-state index contributed by atoms with van der Waals surface area (Å²) in [5, 5.41) is 2.97. The summed E-state index contributed by atoms with van der Waals surface area (Å²) in [6.45, 7) is 1.94. The molecule has 0 saturated heterocycles. The summed E-state index contributed by atoms with van der Waals surface area (Å²) in [5.74, 6) is 1.28. The molecule has 0 aliphatic carbocycles. The van der Waals surface area contributed by atoms with E-state index in [1.807, 2.05) is 25.1 Å². The van der Waals surface area contributed by atoms with Gasteiger partial charge >= 0.3 is 0 Å². The molecular weight excluding hydrogens is 346 g/mol. The average molecular weight is 364 g/mol. The van der Waals surface area contributed by atoms with E-state index in [4.69, 9.17) is 9.47 Å². The zero-order chi connectivity index (χ0) is 16.1. The maximum Gasteiger partial charge on any atom is 0.251 e. The van der Waals surface area contributed by atoms with E-state index >= 15 is 0 Å². The van der Waals surface area contributed by atoms with Gasteiger partial charge in [-0.1, -0.05) is 12.1 Å². The first-order valence-electron chi connectivity index (χ1n) is 6.83. The summed E-state index contributed by atoms with van der Waals surface area (Å²) in [7, 11) is 3.20. The zero-order valence-electron chi connectivity index (χ0n) is 12.7. The molecule has 0 heterocycles. The molecule has 0 aromatic heterocycles. The van der Waals surface area contributed by atoms with Crippen LogP contribution in [0.25, 0.3) is 0 Å². The van der Waals surface area contributed by atoms with Crippen LogP contribution in [0.15, 0.2) is 46.9 Å². The maximum absolute atomic E-state index is 12.3. The number of amides is 1. The van der Waals surface area contributed by atoms with Gasteiger partial charge in [0, 0.05) is 5.56 Å². The average Bonchev–Trinajstić information content (AvgIpc) is 2.54. The molecule has 0 spiro atoms. The number of carbonyl (C=O) groups is 1. The van der Waals surface area contributed by atoms with Crippen molar-refractivity contribution in [2.24, 2.45) is 0 Å². The van der Waals surface area contributed by atoms with Crippen LogP contribution in [0.1, 0.15) is 28.9 Å². The second-order valence-electron chi connectivity index (χ2n) is 4.82. The molecule has 2 aromatic carbocycles. The Bertz CT molecular complexity index is 673. The van der Waals surface area contributed by atoms with Gasteiger partial charge in [0.2, 0.25) is 0 Å². The van der Waals surface area contributed by atoms with Crippen LogP contribution in [0.2, 0.25) is 0 Å². The molecule has 5 heteroatoms. The van der Waals surface area contributed by atoms with Crippen molar-refractivity contribution in [1.29, 1.82) is 0 Å². The molecule has 0 saturated carbocycles. The van der Waals surface area contributed by atoms with Crippen molar-refractivity contribution in [3.05, 3.63) is 58.1 Å². The first kappa shape index (κ1) is 16.4. The molecule has 0 aliphatic heterocycles. The number of halogens is 1. The standard InChI is InChI=1S/C17H18BrNO3/c1-11(12-7-8-16(22-3)15(18)10-12)19-17(20)13-5-4-6-14(9-13)21-2/h4-11H,1-3H3,(H,19,20)/t11-/m0/s1. The largest absolute Gasteiger partial charge is 0.497 e. The van der Waals surface area contributed by atoms with Crippen LogP contribution in [0.5, 0.6) is 11.5 Å². The molecule has 0 unspecified atom stereocenters. The highest BCUT2D eigenvalue weighted by Gasteiger charge is 2.13. The Hall–Kier alpha value is -2.01. The van der Waals surface area contributed by atoms with Crippen molar-refractivity contribution in [3.63, 3.8) is 0 Å². The van der Waals surface area contributed by atoms with E-state index in [9.17, 15) is 4.79 Å². The number of carbonyl (C=O) groups excluding carboxylic acids is 1. The summed E-state index contributed by atoms with van der Waals surface area (Å²) in [4.78, 5) is 12.3. The molecule has 4 nitrogen and oxygen atoms in total. The topological polar surface area (TPSA) is 47.6 Å². The third-order valence-electron chi connectivity index (χ3n) is 3.36. The van der Waals surface area contributed by atoms with Crippen molar-refractivity contribution in [1.82, 2.24) is 5.32 Å². The van der Waals surface area contributed by atoms with Crippen LogP contribution in [0.3, 0.4) is 0 Å². The summed E-state index contributed by atoms with van der Waals surface area (Å²) in [6.07, 6.45) is 0. The Labute approximate surface area is 138 Å². The smallest absolute Gasteiger partial charge is 0.251 e. The summed E-state index contributed by atoms with van der Waals surface area (Å²) < 4.78 is 11.2. The fourth-order valence-electron chi connectivity index (χ4n) is 2.08. The van der Waals surface area contributed by atoms with E-state index in [1.54, 1.807) is 38.5 Å². The summed E-state index contributed by atoms with van der Waals surface area (Å²) in [6, 6.07) is 12.7. The first-order chi connectivity index (χ1) is 10.5. The molecular formula is C17H18BrNO3. The summed E-state index contributed by atoms with van der Waals surface area (Å²) >= 11 is 3.45. The van der Waals surface area contributed by atoms with Crippen LogP contribution in [0, 0.1) is 0 Å². The molecule has 0 radical (unpaired) electrons. The van der Waals surface area contributed by atoms with E-state index in [-0.39, 0.29) is 11.9 Å². The number of nitrogens with one attached hydrogen (secondary N) is 1. The maximum atomic E-state index is 12.3. The zero-order valence-corrected chi connectivity index (χ0v) is 14.3. The van der Waals surface area contributed by atoms with Gasteiger partial charge < -0.3 is 14.8 Å². The second-order valence-corrected chi connectivity index (χ2v) is 5.68. The SMILES string of the molecule is COc1cccc(C(=O)N[C@@H](C)c2ccc(OC)c(Br)c2)c1. The Morgan fingerprint density at radius 1 is 1.14 bits per heavy atom. The van der Waals surface area contributed by atoms with Gasteiger partial charge in [0.25, 0.3) is 5.91 Å². The van der Waals surface area contributed by atoms with Gasteiger partial charge in [-0.3, -0.25) is 4.79 Å². The molecule has 0 bridgehead atoms. The van der Waals surface area contributed by atoms with Crippen molar-refractivity contribution in [2.45, 2.75) is 13.0 Å². The molecule has 0 aliphatic rings. The van der Waals surface area contributed by atoms with Crippen molar-refractivity contribution in [2.75, 3.05) is 14.2 Å². The van der Waals surface area contributed by atoms with E-state index in [1.165, 1.54) is 0 Å². The lowest BCUT2D eigenvalue weighted by Gasteiger charge is -2.16. The lowest BCUT2D eigenvalue weighted by atomic mass is 10.1. The van der Waals surface area contributed by atoms with Gasteiger partial charge in [-0.05, 0) is 58.7 Å². The van der Waals surface area contributed by atoms with Crippen molar-refractivity contribution < 1.29 is 14.3 Å². The Kier molecular flexibility index (Phi) is 5.44. The highest BCUT2D eigenvalue weighted by atomic mass is 79.9. The highest BCUT2D eigenvalue weighted by Crippen LogP contribution is 2.28. The number of benzene rings is 2. The molecule has 1 atom stereocenters. The van der Waals surface area contributed by atoms with E-state index in [2.05, 4.69) is 21.2 Å². The molecule has 1 N–H and O–H groups in total. The van der Waals surface area contributed by atoms with Gasteiger partial charge in [0.1, 0.15) is 11.5 Å². The third kappa shape index (κ3) is 3.80. The van der Waals surface area contributed by atoms with Crippen LogP contribution >= 0.6 is 15.9 Å². The number of hydrogen-bond acceptors (Lipinski definition) is 3. The van der Waals surface area contributed by atoms with E-state index < -0.39 is 0 Å². The normalized spacial score (nSPS) is 11.6. The van der Waals surface area contributed by atoms with Gasteiger partial charge in [0.15, 0.2) is 0 Å². The fraction of sp³-hybridized carbons (Fsp3) is 0.235. The second kappa shape index (κ2) is 7.31. The molecule has 22 heavy (non-hydrogen) atoms. The number of ether oxygens (including phenoxy) is 2. The molecule has 2 rings (SSSR count). The lowest BCUT2D eigenvalue weighted by molar-refractivity contribution is 0.0939. The van der Waals surface area contributed by atoms with Crippen LogP contribution in [-0.4, -0.2) is 20.1 Å². The fourth-order valence-corrected chi connectivity index (χ4v) is 2.64. The molecule has 0 fully saturated rings. The number of hydrogen-bond donors (Lipinski definition) is 1. The monoisotopic (exact) mass is 363 g/mol. The Balaban J connectivity index is 2.12. The first-order valence-corrected chi connectivity index (χ1v) is 7.62. The quantitative estimate of drug-likeness (QED) is 0.874. The predicted molar refractivity (Wildman–Crippen MR) is 89.6 cm³/mol. The number of methoxy groups -OCH3 is 2. The van der Waals surface area contributed by atoms with Crippen LogP contribution in [-0.2, 0) is 0 Å². The van der Waals surface area contributed by atoms with Crippen LogP contribution in [0.4, 0.5) is 0 Å². The number of rotatable bonds is 5. The molecule has 2 aromatic rings.